The zero-order valence-corrected chi connectivity index (χ0v) is 17.5. The van der Waals surface area contributed by atoms with E-state index in [0.29, 0.717) is 42.6 Å². The van der Waals surface area contributed by atoms with Crippen LogP contribution in [0.25, 0.3) is 0 Å². The number of nitrogens with zero attached hydrogens (tertiary/aromatic N) is 2. The Bertz CT molecular complexity index is 1000. The fourth-order valence-electron chi connectivity index (χ4n) is 3.13. The number of ether oxygens (including phenoxy) is 1. The molecular formula is C20H22ClN3O4S. The van der Waals surface area contributed by atoms with Crippen molar-refractivity contribution >= 4 is 38.9 Å². The number of nitrogens with one attached hydrogen (secondary N) is 1. The summed E-state index contributed by atoms with van der Waals surface area (Å²) in [6, 6.07) is 11.5. The third-order valence-electron chi connectivity index (χ3n) is 4.67. The standard InChI is InChI=1S/C20H22ClN3O4S/c1-3-20(25)22-16-5-7-17(8-6-16)29(26,27)24-12-10-23(11-13-24)18-14-15(21)4-9-19(18)28-2/h3-9,14H,1,10-13H2,2H3,(H,22,25). The van der Waals surface area contributed by atoms with Crippen LogP contribution in [0, 0.1) is 0 Å². The molecule has 1 saturated heterocycles. The Morgan fingerprint density at radius 2 is 1.79 bits per heavy atom. The Hall–Kier alpha value is -2.55. The lowest BCUT2D eigenvalue weighted by atomic mass is 10.2. The SMILES string of the molecule is C=CC(=O)Nc1ccc(S(=O)(=O)N2CCN(c3cc(Cl)ccc3OC)CC2)cc1. The number of anilines is 2. The van der Waals surface area contributed by atoms with Crippen LogP contribution in [0.15, 0.2) is 60.0 Å². The molecule has 0 unspecified atom stereocenters. The maximum absolute atomic E-state index is 13.0. The van der Waals surface area contributed by atoms with Gasteiger partial charge in [-0.25, -0.2) is 8.42 Å². The van der Waals surface area contributed by atoms with Gasteiger partial charge in [-0.05, 0) is 48.5 Å². The summed E-state index contributed by atoms with van der Waals surface area (Å²) < 4.78 is 32.8. The molecule has 2 aromatic rings. The van der Waals surface area contributed by atoms with Crippen molar-refractivity contribution in [3.8, 4) is 5.75 Å². The van der Waals surface area contributed by atoms with Gasteiger partial charge in [-0.15, -0.1) is 0 Å². The number of methoxy groups -OCH3 is 1. The monoisotopic (exact) mass is 435 g/mol. The first-order chi connectivity index (χ1) is 13.8. The lowest BCUT2D eigenvalue weighted by molar-refractivity contribution is -0.111. The molecule has 154 valence electrons. The van der Waals surface area contributed by atoms with Crippen molar-refractivity contribution in [2.75, 3.05) is 43.5 Å². The van der Waals surface area contributed by atoms with E-state index in [9.17, 15) is 13.2 Å². The molecule has 0 saturated carbocycles. The summed E-state index contributed by atoms with van der Waals surface area (Å²) in [5, 5.41) is 3.19. The van der Waals surface area contributed by atoms with E-state index < -0.39 is 10.0 Å². The first kappa shape index (κ1) is 21.2. The van der Waals surface area contributed by atoms with Gasteiger partial charge in [-0.3, -0.25) is 4.79 Å². The van der Waals surface area contributed by atoms with Crippen molar-refractivity contribution in [3.05, 3.63) is 60.1 Å². The van der Waals surface area contributed by atoms with Crippen LogP contribution in [-0.4, -0.2) is 51.9 Å². The number of carbonyl (C=O) groups is 1. The highest BCUT2D eigenvalue weighted by molar-refractivity contribution is 7.89. The van der Waals surface area contributed by atoms with E-state index in [0.717, 1.165) is 11.8 Å². The van der Waals surface area contributed by atoms with Crippen molar-refractivity contribution < 1.29 is 17.9 Å². The molecule has 9 heteroatoms. The van der Waals surface area contributed by atoms with Gasteiger partial charge in [0.25, 0.3) is 0 Å². The minimum Gasteiger partial charge on any atom is -0.495 e. The second-order valence-corrected chi connectivity index (χ2v) is 8.80. The molecule has 0 spiro atoms. The van der Waals surface area contributed by atoms with E-state index in [1.165, 1.54) is 16.4 Å². The van der Waals surface area contributed by atoms with Crippen LogP contribution >= 0.6 is 11.6 Å². The summed E-state index contributed by atoms with van der Waals surface area (Å²) >= 11 is 6.11. The number of piperazine rings is 1. The van der Waals surface area contributed by atoms with Gasteiger partial charge in [0.15, 0.2) is 0 Å². The van der Waals surface area contributed by atoms with Gasteiger partial charge in [-0.1, -0.05) is 18.2 Å². The molecule has 1 amide bonds. The Kier molecular flexibility index (Phi) is 6.46. The lowest BCUT2D eigenvalue weighted by Gasteiger charge is -2.36. The number of hydrogen-bond acceptors (Lipinski definition) is 5. The van der Waals surface area contributed by atoms with Gasteiger partial charge in [-0.2, -0.15) is 4.31 Å². The van der Waals surface area contributed by atoms with Crippen molar-refractivity contribution in [2.24, 2.45) is 0 Å². The third kappa shape index (κ3) is 4.72. The van der Waals surface area contributed by atoms with E-state index in [1.807, 2.05) is 6.07 Å². The first-order valence-corrected chi connectivity index (χ1v) is 10.8. The van der Waals surface area contributed by atoms with E-state index in [1.54, 1.807) is 31.4 Å². The summed E-state index contributed by atoms with van der Waals surface area (Å²) in [6.45, 7) is 5.10. The molecule has 1 N–H and O–H groups in total. The van der Waals surface area contributed by atoms with Crippen LogP contribution in [0.5, 0.6) is 5.75 Å². The predicted octanol–water partition coefficient (Wildman–Crippen LogP) is 2.98. The van der Waals surface area contributed by atoms with E-state index in [-0.39, 0.29) is 10.8 Å². The van der Waals surface area contributed by atoms with Crippen molar-refractivity contribution in [3.63, 3.8) is 0 Å². The molecule has 0 bridgehead atoms. The summed E-state index contributed by atoms with van der Waals surface area (Å²) in [4.78, 5) is 13.6. The topological polar surface area (TPSA) is 79.0 Å². The molecular weight excluding hydrogens is 414 g/mol. The third-order valence-corrected chi connectivity index (χ3v) is 6.81. The molecule has 29 heavy (non-hydrogen) atoms. The van der Waals surface area contributed by atoms with Crippen LogP contribution in [-0.2, 0) is 14.8 Å². The highest BCUT2D eigenvalue weighted by atomic mass is 35.5. The summed E-state index contributed by atoms with van der Waals surface area (Å²) in [5.41, 5.74) is 1.35. The average Bonchev–Trinajstić information content (AvgIpc) is 2.74. The smallest absolute Gasteiger partial charge is 0.247 e. The molecule has 7 nitrogen and oxygen atoms in total. The van der Waals surface area contributed by atoms with Gasteiger partial charge in [0.1, 0.15) is 5.75 Å². The number of sulfonamides is 1. The van der Waals surface area contributed by atoms with Crippen molar-refractivity contribution in [1.29, 1.82) is 0 Å². The average molecular weight is 436 g/mol. The summed E-state index contributed by atoms with van der Waals surface area (Å²) in [7, 11) is -2.03. The molecule has 0 aromatic heterocycles. The van der Waals surface area contributed by atoms with Gasteiger partial charge in [0.2, 0.25) is 15.9 Å². The van der Waals surface area contributed by atoms with E-state index in [2.05, 4.69) is 16.8 Å². The minimum absolute atomic E-state index is 0.183. The Morgan fingerprint density at radius 1 is 1.14 bits per heavy atom. The fraction of sp³-hybridized carbons (Fsp3) is 0.250. The lowest BCUT2D eigenvalue weighted by Crippen LogP contribution is -2.48. The van der Waals surface area contributed by atoms with Crippen LogP contribution in [0.4, 0.5) is 11.4 Å². The van der Waals surface area contributed by atoms with Gasteiger partial charge < -0.3 is 15.0 Å². The van der Waals surface area contributed by atoms with Gasteiger partial charge >= 0.3 is 0 Å². The Morgan fingerprint density at radius 3 is 2.38 bits per heavy atom. The van der Waals surface area contributed by atoms with Crippen LogP contribution in [0.2, 0.25) is 5.02 Å². The first-order valence-electron chi connectivity index (χ1n) is 8.97. The zero-order valence-electron chi connectivity index (χ0n) is 16.0. The van der Waals surface area contributed by atoms with E-state index in [4.69, 9.17) is 16.3 Å². The Labute approximate surface area is 175 Å². The maximum atomic E-state index is 13.0. The number of carbonyl (C=O) groups excluding carboxylic acids is 1. The highest BCUT2D eigenvalue weighted by Gasteiger charge is 2.29. The predicted molar refractivity (Wildman–Crippen MR) is 114 cm³/mol. The normalized spacial score (nSPS) is 15.0. The maximum Gasteiger partial charge on any atom is 0.247 e. The Balaban J connectivity index is 1.70. The second-order valence-electron chi connectivity index (χ2n) is 6.43. The number of amides is 1. The summed E-state index contributed by atoms with van der Waals surface area (Å²) in [6.07, 6.45) is 1.15. The number of rotatable bonds is 6. The van der Waals surface area contributed by atoms with Gasteiger partial charge in [0.05, 0.1) is 17.7 Å². The molecule has 1 aliphatic heterocycles. The molecule has 1 aliphatic rings. The van der Waals surface area contributed by atoms with Gasteiger partial charge in [0, 0.05) is 36.9 Å². The van der Waals surface area contributed by atoms with Crippen LogP contribution in [0.1, 0.15) is 0 Å². The number of benzene rings is 2. The molecule has 0 aliphatic carbocycles. The molecule has 0 atom stereocenters. The zero-order chi connectivity index (χ0) is 21.0. The highest BCUT2D eigenvalue weighted by Crippen LogP contribution is 2.32. The second kappa shape index (κ2) is 8.86. The van der Waals surface area contributed by atoms with Crippen LogP contribution < -0.4 is 15.0 Å². The summed E-state index contributed by atoms with van der Waals surface area (Å²) in [5.74, 6) is 0.344. The van der Waals surface area contributed by atoms with Crippen molar-refractivity contribution in [1.82, 2.24) is 4.31 Å². The minimum atomic E-state index is -3.63. The molecule has 3 rings (SSSR count). The molecule has 2 aromatic carbocycles. The van der Waals surface area contributed by atoms with Crippen molar-refractivity contribution in [2.45, 2.75) is 4.90 Å². The molecule has 0 radical (unpaired) electrons. The molecule has 1 fully saturated rings. The largest absolute Gasteiger partial charge is 0.495 e. The number of hydrogen-bond donors (Lipinski definition) is 1. The quantitative estimate of drug-likeness (QED) is 0.705. The fourth-order valence-corrected chi connectivity index (χ4v) is 4.72. The van der Waals surface area contributed by atoms with Crippen LogP contribution in [0.3, 0.4) is 0 Å². The van der Waals surface area contributed by atoms with E-state index >= 15 is 0 Å². The number of halogens is 1. The molecule has 1 heterocycles.